The zero-order valence-corrected chi connectivity index (χ0v) is 7.66. The van der Waals surface area contributed by atoms with Crippen LogP contribution in [0.15, 0.2) is 24.3 Å². The third-order valence-corrected chi connectivity index (χ3v) is 1.69. The molecule has 1 atom stereocenters. The highest BCUT2D eigenvalue weighted by Crippen LogP contribution is 2.19. The van der Waals surface area contributed by atoms with Gasteiger partial charge in [-0.3, -0.25) is 0 Å². The van der Waals surface area contributed by atoms with Crippen LogP contribution in [0.4, 0.5) is 10.1 Å². The molecule has 1 rings (SSSR count). The van der Waals surface area contributed by atoms with E-state index < -0.39 is 6.17 Å². The summed E-state index contributed by atoms with van der Waals surface area (Å²) in [5.74, 6) is 0.628. The minimum Gasteiger partial charge on any atom is -0.491 e. The van der Waals surface area contributed by atoms with E-state index in [1.165, 1.54) is 6.92 Å². The van der Waals surface area contributed by atoms with E-state index in [0.717, 1.165) is 0 Å². The third kappa shape index (κ3) is 3.32. The van der Waals surface area contributed by atoms with Gasteiger partial charge in [0.2, 0.25) is 0 Å². The average molecular weight is 183 g/mol. The molecule has 0 amide bonds. The van der Waals surface area contributed by atoms with Crippen molar-refractivity contribution in [1.82, 2.24) is 0 Å². The molecule has 13 heavy (non-hydrogen) atoms. The largest absolute Gasteiger partial charge is 0.491 e. The first kappa shape index (κ1) is 9.84. The highest BCUT2D eigenvalue weighted by atomic mass is 19.1. The lowest BCUT2D eigenvalue weighted by molar-refractivity contribution is 0.248. The fourth-order valence-corrected chi connectivity index (χ4v) is 0.943. The summed E-state index contributed by atoms with van der Waals surface area (Å²) < 4.78 is 17.7. The van der Waals surface area contributed by atoms with E-state index in [1.54, 1.807) is 12.1 Å². The van der Waals surface area contributed by atoms with Gasteiger partial charge in [0.1, 0.15) is 11.9 Å². The first-order chi connectivity index (χ1) is 6.20. The molecule has 0 bridgehead atoms. The van der Waals surface area contributed by atoms with Crippen molar-refractivity contribution in [3.05, 3.63) is 24.3 Å². The van der Waals surface area contributed by atoms with Gasteiger partial charge in [0.05, 0.1) is 12.3 Å². The second kappa shape index (κ2) is 4.70. The van der Waals surface area contributed by atoms with Crippen molar-refractivity contribution in [2.45, 2.75) is 19.5 Å². The van der Waals surface area contributed by atoms with Crippen LogP contribution in [0, 0.1) is 0 Å². The lowest BCUT2D eigenvalue weighted by Crippen LogP contribution is -2.05. The molecule has 72 valence electrons. The summed E-state index contributed by atoms with van der Waals surface area (Å²) in [6.45, 7) is 1.88. The van der Waals surface area contributed by atoms with Gasteiger partial charge in [-0.1, -0.05) is 12.1 Å². The Bertz CT molecular complexity index is 263. The van der Waals surface area contributed by atoms with Crippen molar-refractivity contribution in [2.75, 3.05) is 12.3 Å². The van der Waals surface area contributed by atoms with Gasteiger partial charge in [-0.2, -0.15) is 0 Å². The molecule has 0 aromatic heterocycles. The molecule has 1 unspecified atom stereocenters. The maximum absolute atomic E-state index is 12.4. The molecule has 0 saturated heterocycles. The predicted molar refractivity (Wildman–Crippen MR) is 51.5 cm³/mol. The number of hydrogen-bond acceptors (Lipinski definition) is 2. The molecule has 0 spiro atoms. The topological polar surface area (TPSA) is 35.2 Å². The average Bonchev–Trinajstić information content (AvgIpc) is 2.08. The van der Waals surface area contributed by atoms with Crippen LogP contribution in [0.1, 0.15) is 13.3 Å². The second-order valence-corrected chi connectivity index (χ2v) is 2.96. The number of nitrogen functional groups attached to an aromatic ring is 1. The molecule has 2 N–H and O–H groups in total. The van der Waals surface area contributed by atoms with Gasteiger partial charge < -0.3 is 10.5 Å². The van der Waals surface area contributed by atoms with E-state index in [2.05, 4.69) is 0 Å². The Morgan fingerprint density at radius 2 is 2.15 bits per heavy atom. The molecule has 0 aliphatic heterocycles. The number of halogens is 1. The zero-order valence-electron chi connectivity index (χ0n) is 7.66. The summed E-state index contributed by atoms with van der Waals surface area (Å²) in [5.41, 5.74) is 6.21. The lowest BCUT2D eigenvalue weighted by atomic mass is 10.3. The van der Waals surface area contributed by atoms with E-state index in [9.17, 15) is 4.39 Å². The molecular formula is C10H14FNO. The van der Waals surface area contributed by atoms with Crippen LogP contribution in [-0.4, -0.2) is 12.8 Å². The van der Waals surface area contributed by atoms with E-state index in [4.69, 9.17) is 10.5 Å². The number of alkyl halides is 1. The molecule has 3 heteroatoms. The first-order valence-electron chi connectivity index (χ1n) is 4.31. The fraction of sp³-hybridized carbons (Fsp3) is 0.400. The molecule has 0 aliphatic rings. The molecule has 0 fully saturated rings. The summed E-state index contributed by atoms with van der Waals surface area (Å²) in [4.78, 5) is 0. The number of anilines is 1. The van der Waals surface area contributed by atoms with E-state index in [0.29, 0.717) is 24.5 Å². The molecule has 1 aromatic rings. The number of ether oxygens (including phenoxy) is 1. The maximum atomic E-state index is 12.4. The van der Waals surface area contributed by atoms with E-state index in [-0.39, 0.29) is 0 Å². The molecule has 2 nitrogen and oxygen atoms in total. The fourth-order valence-electron chi connectivity index (χ4n) is 0.943. The summed E-state index contributed by atoms with van der Waals surface area (Å²) in [5, 5.41) is 0. The van der Waals surface area contributed by atoms with Crippen molar-refractivity contribution in [1.29, 1.82) is 0 Å². The Hall–Kier alpha value is -1.25. The van der Waals surface area contributed by atoms with Crippen LogP contribution < -0.4 is 10.5 Å². The Kier molecular flexibility index (Phi) is 3.55. The van der Waals surface area contributed by atoms with Gasteiger partial charge in [-0.25, -0.2) is 4.39 Å². The summed E-state index contributed by atoms with van der Waals surface area (Å²) in [7, 11) is 0. The molecule has 1 aromatic carbocycles. The predicted octanol–water partition coefficient (Wildman–Crippen LogP) is 2.40. The number of hydrogen-bond donors (Lipinski definition) is 1. The Balaban J connectivity index is 2.41. The minimum absolute atomic E-state index is 0.367. The standard InChI is InChI=1S/C10H14FNO/c1-8(11)6-7-13-10-5-3-2-4-9(10)12/h2-5,8H,6-7,12H2,1H3. The van der Waals surface area contributed by atoms with Crippen LogP contribution in [0.2, 0.25) is 0 Å². The SMILES string of the molecule is CC(F)CCOc1ccccc1N. The highest BCUT2D eigenvalue weighted by Gasteiger charge is 2.00. The van der Waals surface area contributed by atoms with Crippen molar-refractivity contribution in [2.24, 2.45) is 0 Å². The van der Waals surface area contributed by atoms with Gasteiger partial charge >= 0.3 is 0 Å². The number of para-hydroxylation sites is 2. The van der Waals surface area contributed by atoms with Crippen LogP contribution >= 0.6 is 0 Å². The summed E-state index contributed by atoms with van der Waals surface area (Å²) in [6.07, 6.45) is -0.432. The lowest BCUT2D eigenvalue weighted by Gasteiger charge is -2.08. The molecular weight excluding hydrogens is 169 g/mol. The van der Waals surface area contributed by atoms with Gasteiger partial charge in [0.25, 0.3) is 0 Å². The normalized spacial score (nSPS) is 12.5. The van der Waals surface area contributed by atoms with E-state index in [1.807, 2.05) is 12.1 Å². The summed E-state index contributed by atoms with van der Waals surface area (Å²) in [6, 6.07) is 7.21. The van der Waals surface area contributed by atoms with Crippen molar-refractivity contribution in [3.63, 3.8) is 0 Å². The smallest absolute Gasteiger partial charge is 0.142 e. The van der Waals surface area contributed by atoms with Crippen molar-refractivity contribution < 1.29 is 9.13 Å². The van der Waals surface area contributed by atoms with Gasteiger partial charge in [-0.05, 0) is 19.1 Å². The molecule has 0 saturated carbocycles. The van der Waals surface area contributed by atoms with Crippen molar-refractivity contribution in [3.8, 4) is 5.75 Å². The zero-order chi connectivity index (χ0) is 9.68. The van der Waals surface area contributed by atoms with Gasteiger partial charge in [0.15, 0.2) is 0 Å². The van der Waals surface area contributed by atoms with E-state index >= 15 is 0 Å². The van der Waals surface area contributed by atoms with Crippen LogP contribution in [-0.2, 0) is 0 Å². The molecule has 0 heterocycles. The molecule has 0 radical (unpaired) electrons. The minimum atomic E-state index is -0.829. The highest BCUT2D eigenvalue weighted by molar-refractivity contribution is 5.51. The Morgan fingerprint density at radius 1 is 1.46 bits per heavy atom. The number of rotatable bonds is 4. The van der Waals surface area contributed by atoms with Crippen LogP contribution in [0.5, 0.6) is 5.75 Å². The third-order valence-electron chi connectivity index (χ3n) is 1.69. The maximum Gasteiger partial charge on any atom is 0.142 e. The quantitative estimate of drug-likeness (QED) is 0.727. The van der Waals surface area contributed by atoms with Crippen LogP contribution in [0.25, 0.3) is 0 Å². The van der Waals surface area contributed by atoms with Gasteiger partial charge in [0, 0.05) is 6.42 Å². The monoisotopic (exact) mass is 183 g/mol. The first-order valence-corrected chi connectivity index (χ1v) is 4.31. The number of nitrogens with two attached hydrogens (primary N) is 1. The van der Waals surface area contributed by atoms with Crippen molar-refractivity contribution >= 4 is 5.69 Å². The second-order valence-electron chi connectivity index (χ2n) is 2.96. The van der Waals surface area contributed by atoms with Crippen LogP contribution in [0.3, 0.4) is 0 Å². The Labute approximate surface area is 77.5 Å². The molecule has 0 aliphatic carbocycles. The Morgan fingerprint density at radius 3 is 2.77 bits per heavy atom. The number of benzene rings is 1. The van der Waals surface area contributed by atoms with Gasteiger partial charge in [-0.15, -0.1) is 0 Å². The summed E-state index contributed by atoms with van der Waals surface area (Å²) >= 11 is 0.